The van der Waals surface area contributed by atoms with Crippen LogP contribution < -0.4 is 5.32 Å². The summed E-state index contributed by atoms with van der Waals surface area (Å²) in [6.45, 7) is 4.18. The fourth-order valence-electron chi connectivity index (χ4n) is 3.09. The molecule has 2 rings (SSSR count). The molecular formula is C16H27N3O2. The number of rotatable bonds is 6. The van der Waals surface area contributed by atoms with Crippen molar-refractivity contribution in [3.05, 3.63) is 18.0 Å². The summed E-state index contributed by atoms with van der Waals surface area (Å²) in [4.78, 5) is 12.3. The lowest BCUT2D eigenvalue weighted by Crippen LogP contribution is -2.42. The maximum Gasteiger partial charge on any atom is 0.272 e. The van der Waals surface area contributed by atoms with Crippen LogP contribution in [0.25, 0.3) is 0 Å². The van der Waals surface area contributed by atoms with Crippen LogP contribution >= 0.6 is 0 Å². The number of hydrogen-bond donors (Lipinski definition) is 2. The second kappa shape index (κ2) is 7.59. The van der Waals surface area contributed by atoms with Crippen LogP contribution in [0.4, 0.5) is 0 Å². The van der Waals surface area contributed by atoms with E-state index in [1.54, 1.807) is 10.7 Å². The smallest absolute Gasteiger partial charge is 0.272 e. The molecule has 0 unspecified atom stereocenters. The quantitative estimate of drug-likeness (QED) is 0.847. The second-order valence-corrected chi connectivity index (χ2v) is 6.27. The second-order valence-electron chi connectivity index (χ2n) is 6.27. The molecule has 0 bridgehead atoms. The van der Waals surface area contributed by atoms with Gasteiger partial charge in [-0.05, 0) is 45.1 Å². The predicted molar refractivity (Wildman–Crippen MR) is 82.1 cm³/mol. The monoisotopic (exact) mass is 293 g/mol. The van der Waals surface area contributed by atoms with Crippen molar-refractivity contribution in [1.82, 2.24) is 15.1 Å². The Morgan fingerprint density at radius 3 is 2.71 bits per heavy atom. The first-order chi connectivity index (χ1) is 10.1. The summed E-state index contributed by atoms with van der Waals surface area (Å²) in [7, 11) is 0. The largest absolute Gasteiger partial charge is 0.396 e. The Balaban J connectivity index is 1.99. The first-order valence-electron chi connectivity index (χ1n) is 8.08. The van der Waals surface area contributed by atoms with Crippen LogP contribution in [0, 0.1) is 5.92 Å². The molecule has 0 saturated heterocycles. The molecule has 2 N–H and O–H groups in total. The molecule has 1 aromatic heterocycles. The third-order valence-corrected chi connectivity index (χ3v) is 4.35. The Hall–Kier alpha value is -1.36. The van der Waals surface area contributed by atoms with E-state index in [1.165, 1.54) is 19.3 Å². The highest BCUT2D eigenvalue weighted by Crippen LogP contribution is 2.27. The fraction of sp³-hybridized carbons (Fsp3) is 0.750. The number of carbonyl (C=O) groups is 1. The summed E-state index contributed by atoms with van der Waals surface area (Å²) < 4.78 is 1.79. The van der Waals surface area contributed by atoms with Gasteiger partial charge in [0.05, 0.1) is 0 Å². The minimum atomic E-state index is -0.126. The van der Waals surface area contributed by atoms with E-state index >= 15 is 0 Å². The zero-order chi connectivity index (χ0) is 15.2. The van der Waals surface area contributed by atoms with Gasteiger partial charge in [-0.2, -0.15) is 5.10 Å². The first-order valence-corrected chi connectivity index (χ1v) is 8.08. The van der Waals surface area contributed by atoms with E-state index in [9.17, 15) is 9.90 Å². The Morgan fingerprint density at radius 1 is 1.43 bits per heavy atom. The molecule has 1 amide bonds. The van der Waals surface area contributed by atoms with Gasteiger partial charge in [-0.3, -0.25) is 9.48 Å². The zero-order valence-electron chi connectivity index (χ0n) is 13.1. The summed E-state index contributed by atoms with van der Waals surface area (Å²) in [5.74, 6) is 0.362. The molecule has 5 heteroatoms. The summed E-state index contributed by atoms with van der Waals surface area (Å²) in [5.41, 5.74) is 0.461. The standard InChI is InChI=1S/C16H27N3O2/c1-12(2)19-10-8-15(18-19)16(21)17-14(9-11-20)13-6-4-3-5-7-13/h8,10,12-14,20H,3-7,9,11H2,1-2H3,(H,17,21)/t14-/m1/s1. The Labute approximate surface area is 126 Å². The van der Waals surface area contributed by atoms with Gasteiger partial charge in [0.15, 0.2) is 0 Å². The fourth-order valence-corrected chi connectivity index (χ4v) is 3.09. The average molecular weight is 293 g/mol. The van der Waals surface area contributed by atoms with Gasteiger partial charge in [0.1, 0.15) is 5.69 Å². The van der Waals surface area contributed by atoms with Crippen molar-refractivity contribution in [2.24, 2.45) is 5.92 Å². The molecule has 1 aliphatic rings. The van der Waals surface area contributed by atoms with E-state index in [4.69, 9.17) is 0 Å². The van der Waals surface area contributed by atoms with Crippen LogP contribution in [0.2, 0.25) is 0 Å². The van der Waals surface area contributed by atoms with Crippen molar-refractivity contribution in [2.45, 2.75) is 64.5 Å². The van der Waals surface area contributed by atoms with E-state index in [0.717, 1.165) is 12.8 Å². The number of aromatic nitrogens is 2. The van der Waals surface area contributed by atoms with Crippen molar-refractivity contribution >= 4 is 5.91 Å². The highest BCUT2D eigenvalue weighted by atomic mass is 16.3. The van der Waals surface area contributed by atoms with Crippen molar-refractivity contribution < 1.29 is 9.90 Å². The van der Waals surface area contributed by atoms with E-state index < -0.39 is 0 Å². The molecule has 1 fully saturated rings. The molecule has 1 aliphatic carbocycles. The molecule has 21 heavy (non-hydrogen) atoms. The molecule has 1 atom stereocenters. The zero-order valence-corrected chi connectivity index (χ0v) is 13.1. The van der Waals surface area contributed by atoms with Gasteiger partial charge in [0.25, 0.3) is 5.91 Å². The summed E-state index contributed by atoms with van der Waals surface area (Å²) >= 11 is 0. The lowest BCUT2D eigenvalue weighted by atomic mass is 9.82. The molecule has 118 valence electrons. The van der Waals surface area contributed by atoms with Gasteiger partial charge < -0.3 is 10.4 Å². The number of hydrogen-bond acceptors (Lipinski definition) is 3. The molecule has 1 saturated carbocycles. The highest BCUT2D eigenvalue weighted by Gasteiger charge is 2.25. The van der Waals surface area contributed by atoms with Crippen LogP contribution in [-0.4, -0.2) is 33.4 Å². The molecular weight excluding hydrogens is 266 g/mol. The van der Waals surface area contributed by atoms with Crippen molar-refractivity contribution in [3.63, 3.8) is 0 Å². The summed E-state index contributed by atoms with van der Waals surface area (Å²) in [6, 6.07) is 2.07. The minimum Gasteiger partial charge on any atom is -0.396 e. The number of amides is 1. The first kappa shape index (κ1) is 16.0. The van der Waals surface area contributed by atoms with Crippen LogP contribution in [0.3, 0.4) is 0 Å². The molecule has 0 spiro atoms. The third kappa shape index (κ3) is 4.30. The van der Waals surface area contributed by atoms with Crippen molar-refractivity contribution in [1.29, 1.82) is 0 Å². The lowest BCUT2D eigenvalue weighted by Gasteiger charge is -2.30. The summed E-state index contributed by atoms with van der Waals surface area (Å²) in [5, 5.41) is 16.6. The number of aliphatic hydroxyl groups excluding tert-OH is 1. The molecule has 5 nitrogen and oxygen atoms in total. The SMILES string of the molecule is CC(C)n1ccc(C(=O)N[C@H](CCO)C2CCCCC2)n1. The molecule has 1 aromatic rings. The molecule has 0 aromatic carbocycles. The van der Waals surface area contributed by atoms with Crippen LogP contribution in [0.15, 0.2) is 12.3 Å². The van der Waals surface area contributed by atoms with Gasteiger partial charge in [-0.1, -0.05) is 19.3 Å². The number of nitrogens with one attached hydrogen (secondary N) is 1. The summed E-state index contributed by atoms with van der Waals surface area (Å²) in [6.07, 6.45) is 8.49. The average Bonchev–Trinajstić information content (AvgIpc) is 2.98. The molecule has 1 heterocycles. The van der Waals surface area contributed by atoms with Crippen molar-refractivity contribution in [2.75, 3.05) is 6.61 Å². The number of aliphatic hydroxyl groups is 1. The van der Waals surface area contributed by atoms with Gasteiger partial charge in [-0.15, -0.1) is 0 Å². The Bertz CT molecular complexity index is 450. The van der Waals surface area contributed by atoms with Crippen LogP contribution in [0.5, 0.6) is 0 Å². The normalized spacial score (nSPS) is 17.9. The topological polar surface area (TPSA) is 67.2 Å². The maximum atomic E-state index is 12.3. The van der Waals surface area contributed by atoms with E-state index in [2.05, 4.69) is 10.4 Å². The van der Waals surface area contributed by atoms with Crippen LogP contribution in [-0.2, 0) is 0 Å². The van der Waals surface area contributed by atoms with Crippen molar-refractivity contribution in [3.8, 4) is 0 Å². The Kier molecular flexibility index (Phi) is 5.79. The van der Waals surface area contributed by atoms with E-state index in [0.29, 0.717) is 18.0 Å². The van der Waals surface area contributed by atoms with E-state index in [-0.39, 0.29) is 24.6 Å². The number of nitrogens with zero attached hydrogens (tertiary/aromatic N) is 2. The van der Waals surface area contributed by atoms with Gasteiger partial charge >= 0.3 is 0 Å². The third-order valence-electron chi connectivity index (χ3n) is 4.35. The van der Waals surface area contributed by atoms with Gasteiger partial charge in [0, 0.05) is 24.9 Å². The number of carbonyl (C=O) groups excluding carboxylic acids is 1. The molecule has 0 radical (unpaired) electrons. The van der Waals surface area contributed by atoms with Gasteiger partial charge in [-0.25, -0.2) is 0 Å². The highest BCUT2D eigenvalue weighted by molar-refractivity contribution is 5.92. The van der Waals surface area contributed by atoms with Gasteiger partial charge in [0.2, 0.25) is 0 Å². The molecule has 0 aliphatic heterocycles. The maximum absolute atomic E-state index is 12.3. The Morgan fingerprint density at radius 2 is 2.14 bits per heavy atom. The minimum absolute atomic E-state index is 0.0620. The predicted octanol–water partition coefficient (Wildman–Crippen LogP) is 2.53. The lowest BCUT2D eigenvalue weighted by molar-refractivity contribution is 0.0893. The van der Waals surface area contributed by atoms with Crippen LogP contribution in [0.1, 0.15) is 68.9 Å². The van der Waals surface area contributed by atoms with E-state index in [1.807, 2.05) is 20.0 Å².